The van der Waals surface area contributed by atoms with E-state index in [0.717, 1.165) is 0 Å². The van der Waals surface area contributed by atoms with E-state index in [4.69, 9.17) is 5.11 Å². The maximum atomic E-state index is 10.4. The molecule has 5 nitrogen and oxygen atoms in total. The van der Waals surface area contributed by atoms with Crippen LogP contribution in [0.25, 0.3) is 0 Å². The van der Waals surface area contributed by atoms with Crippen molar-refractivity contribution >= 4 is 12.3 Å². The topological polar surface area (TPSA) is 75.6 Å². The van der Waals surface area contributed by atoms with Crippen molar-refractivity contribution in [2.45, 2.75) is 6.92 Å². The molecule has 0 aliphatic heterocycles. The van der Waals surface area contributed by atoms with Crippen molar-refractivity contribution in [3.63, 3.8) is 0 Å². The minimum absolute atomic E-state index is 0.125. The van der Waals surface area contributed by atoms with Crippen LogP contribution in [0.3, 0.4) is 0 Å². The monoisotopic (exact) mass is 239 g/mol. The lowest BCUT2D eigenvalue weighted by Gasteiger charge is -1.97. The molecule has 1 aromatic carbocycles. The first-order chi connectivity index (χ1) is 8.13. The number of likely N-dealkylation sites (N-methyl/N-ethyl adjacent to an activating group) is 1. The standard InChI is InChI=1S/C7H6O2.C5H11NO2/c8-5-6-2-1-3-7(9)4-6;1-3-8-5(7)4-6-2/h1-5,9H;6H,3-4H2,1-2H3. The van der Waals surface area contributed by atoms with E-state index >= 15 is 0 Å². The molecule has 0 heterocycles. The molecule has 0 atom stereocenters. The first-order valence-corrected chi connectivity index (χ1v) is 5.18. The second kappa shape index (κ2) is 9.35. The Balaban J connectivity index is 0.000000304. The van der Waals surface area contributed by atoms with Crippen molar-refractivity contribution in [1.29, 1.82) is 0 Å². The van der Waals surface area contributed by atoms with Gasteiger partial charge in [-0.2, -0.15) is 0 Å². The van der Waals surface area contributed by atoms with Crippen LogP contribution in [0.4, 0.5) is 0 Å². The number of benzene rings is 1. The highest BCUT2D eigenvalue weighted by molar-refractivity contribution is 5.75. The van der Waals surface area contributed by atoms with Crippen molar-refractivity contribution in [3.05, 3.63) is 29.8 Å². The van der Waals surface area contributed by atoms with Gasteiger partial charge in [0.05, 0.1) is 13.2 Å². The van der Waals surface area contributed by atoms with Crippen molar-refractivity contribution < 1.29 is 19.4 Å². The molecule has 17 heavy (non-hydrogen) atoms. The van der Waals surface area contributed by atoms with E-state index in [9.17, 15) is 9.59 Å². The lowest BCUT2D eigenvalue weighted by atomic mass is 10.2. The fraction of sp³-hybridized carbons (Fsp3) is 0.333. The summed E-state index contributed by atoms with van der Waals surface area (Å²) in [5, 5.41) is 11.5. The molecule has 0 saturated heterocycles. The summed E-state index contributed by atoms with van der Waals surface area (Å²) in [4.78, 5) is 20.4. The number of phenolic OH excluding ortho intramolecular Hbond substituents is 1. The van der Waals surface area contributed by atoms with Crippen LogP contribution in [0.1, 0.15) is 17.3 Å². The normalized spacial score (nSPS) is 8.82. The van der Waals surface area contributed by atoms with Gasteiger partial charge in [0, 0.05) is 5.56 Å². The van der Waals surface area contributed by atoms with E-state index in [0.29, 0.717) is 25.0 Å². The number of rotatable bonds is 4. The molecular formula is C12H17NO4. The number of ether oxygens (including phenoxy) is 1. The molecule has 0 radical (unpaired) electrons. The molecule has 2 N–H and O–H groups in total. The molecule has 0 unspecified atom stereocenters. The highest BCUT2D eigenvalue weighted by Gasteiger charge is 1.94. The van der Waals surface area contributed by atoms with Gasteiger partial charge < -0.3 is 15.2 Å². The SMILES string of the molecule is CCOC(=O)CNC.O=Cc1cccc(O)c1. The predicted octanol–water partition coefficient (Wildman–Crippen LogP) is 0.974. The summed E-state index contributed by atoms with van der Waals surface area (Å²) in [7, 11) is 1.71. The number of nitrogens with one attached hydrogen (secondary N) is 1. The van der Waals surface area contributed by atoms with Crippen molar-refractivity contribution in [1.82, 2.24) is 5.32 Å². The first-order valence-electron chi connectivity index (χ1n) is 5.18. The molecule has 0 aromatic heterocycles. The summed E-state index contributed by atoms with van der Waals surface area (Å²) in [6.07, 6.45) is 0.694. The lowest BCUT2D eigenvalue weighted by molar-refractivity contribution is -0.141. The number of hydrogen-bond donors (Lipinski definition) is 2. The van der Waals surface area contributed by atoms with E-state index in [2.05, 4.69) is 10.1 Å². The molecule has 94 valence electrons. The molecule has 5 heteroatoms. The summed E-state index contributed by atoms with van der Waals surface area (Å²) >= 11 is 0. The maximum Gasteiger partial charge on any atom is 0.319 e. The van der Waals surface area contributed by atoms with Crippen LogP contribution in [0.15, 0.2) is 24.3 Å². The Kier molecular flexibility index (Phi) is 8.32. The Morgan fingerprint density at radius 3 is 2.65 bits per heavy atom. The third-order valence-corrected chi connectivity index (χ3v) is 1.63. The van der Waals surface area contributed by atoms with Crippen molar-refractivity contribution in [3.8, 4) is 5.75 Å². The maximum absolute atomic E-state index is 10.4. The second-order valence-corrected chi connectivity index (χ2v) is 3.05. The highest BCUT2D eigenvalue weighted by Crippen LogP contribution is 2.07. The van der Waals surface area contributed by atoms with Gasteiger partial charge in [0.1, 0.15) is 12.0 Å². The Hall–Kier alpha value is -1.88. The smallest absolute Gasteiger partial charge is 0.319 e. The zero-order valence-corrected chi connectivity index (χ0v) is 9.97. The van der Waals surface area contributed by atoms with Crippen LogP contribution in [-0.4, -0.2) is 37.6 Å². The molecule has 0 aliphatic carbocycles. The van der Waals surface area contributed by atoms with Crippen molar-refractivity contribution in [2.24, 2.45) is 0 Å². The van der Waals surface area contributed by atoms with Gasteiger partial charge in [-0.15, -0.1) is 0 Å². The van der Waals surface area contributed by atoms with E-state index in [1.165, 1.54) is 12.1 Å². The van der Waals surface area contributed by atoms with Gasteiger partial charge in [-0.05, 0) is 26.1 Å². The molecular weight excluding hydrogens is 222 g/mol. The minimum Gasteiger partial charge on any atom is -0.508 e. The number of hydrogen-bond acceptors (Lipinski definition) is 5. The van der Waals surface area contributed by atoms with Crippen LogP contribution in [0.5, 0.6) is 5.75 Å². The molecule has 0 aliphatic rings. The lowest BCUT2D eigenvalue weighted by Crippen LogP contribution is -2.20. The van der Waals surface area contributed by atoms with Gasteiger partial charge in [-0.25, -0.2) is 0 Å². The van der Waals surface area contributed by atoms with Crippen LogP contribution in [0, 0.1) is 0 Å². The van der Waals surface area contributed by atoms with E-state index in [1.807, 2.05) is 0 Å². The van der Waals surface area contributed by atoms with Crippen LogP contribution < -0.4 is 5.32 Å². The second-order valence-electron chi connectivity index (χ2n) is 3.05. The van der Waals surface area contributed by atoms with Crippen LogP contribution in [-0.2, 0) is 9.53 Å². The van der Waals surface area contributed by atoms with Crippen LogP contribution in [0.2, 0.25) is 0 Å². The number of carbonyl (C=O) groups excluding carboxylic acids is 2. The minimum atomic E-state index is -0.199. The zero-order chi connectivity index (χ0) is 13.1. The quantitative estimate of drug-likeness (QED) is 0.605. The third kappa shape index (κ3) is 7.98. The summed E-state index contributed by atoms with van der Waals surface area (Å²) in [5.74, 6) is -0.0744. The van der Waals surface area contributed by atoms with Crippen LogP contribution >= 0.6 is 0 Å². The Morgan fingerprint density at radius 2 is 2.24 bits per heavy atom. The van der Waals surface area contributed by atoms with E-state index in [1.54, 1.807) is 26.1 Å². The number of aromatic hydroxyl groups is 1. The molecule has 0 fully saturated rings. The van der Waals surface area contributed by atoms with Gasteiger partial charge in [0.2, 0.25) is 0 Å². The van der Waals surface area contributed by atoms with E-state index in [-0.39, 0.29) is 11.7 Å². The first kappa shape index (κ1) is 15.1. The molecule has 0 bridgehead atoms. The highest BCUT2D eigenvalue weighted by atomic mass is 16.5. The van der Waals surface area contributed by atoms with Gasteiger partial charge in [0.25, 0.3) is 0 Å². The molecule has 0 spiro atoms. The van der Waals surface area contributed by atoms with E-state index < -0.39 is 0 Å². The van der Waals surface area contributed by atoms with Gasteiger partial charge in [0.15, 0.2) is 0 Å². The predicted molar refractivity (Wildman–Crippen MR) is 64.1 cm³/mol. The fourth-order valence-electron chi connectivity index (χ4n) is 0.954. The Morgan fingerprint density at radius 1 is 1.53 bits per heavy atom. The van der Waals surface area contributed by atoms with Gasteiger partial charge in [-0.3, -0.25) is 9.59 Å². The number of esters is 1. The average molecular weight is 239 g/mol. The Bertz CT molecular complexity index is 344. The molecule has 0 saturated carbocycles. The third-order valence-electron chi connectivity index (χ3n) is 1.63. The van der Waals surface area contributed by atoms with Gasteiger partial charge >= 0.3 is 5.97 Å². The number of phenols is 1. The average Bonchev–Trinajstić information content (AvgIpc) is 2.30. The summed E-state index contributed by atoms with van der Waals surface area (Å²) < 4.78 is 4.58. The largest absolute Gasteiger partial charge is 0.508 e. The molecule has 1 rings (SSSR count). The summed E-state index contributed by atoms with van der Waals surface area (Å²) in [6, 6.07) is 6.19. The number of aldehydes is 1. The summed E-state index contributed by atoms with van der Waals surface area (Å²) in [5.41, 5.74) is 0.495. The summed E-state index contributed by atoms with van der Waals surface area (Å²) in [6.45, 7) is 2.54. The fourth-order valence-corrected chi connectivity index (χ4v) is 0.954. The molecule has 1 aromatic rings. The Labute approximate surface area is 100 Å². The van der Waals surface area contributed by atoms with Crippen molar-refractivity contribution in [2.75, 3.05) is 20.2 Å². The number of carbonyl (C=O) groups is 2. The zero-order valence-electron chi connectivity index (χ0n) is 9.97. The molecule has 0 amide bonds. The van der Waals surface area contributed by atoms with Gasteiger partial charge in [-0.1, -0.05) is 12.1 Å².